The summed E-state index contributed by atoms with van der Waals surface area (Å²) in [7, 11) is 0. The number of anilines is 1. The predicted octanol–water partition coefficient (Wildman–Crippen LogP) is 0.835. The summed E-state index contributed by atoms with van der Waals surface area (Å²) in [5.41, 5.74) is 5.29. The Morgan fingerprint density at radius 1 is 1.48 bits per heavy atom. The van der Waals surface area contributed by atoms with E-state index < -0.39 is 5.92 Å². The number of hydrogen-bond donors (Lipinski definition) is 3. The summed E-state index contributed by atoms with van der Waals surface area (Å²) in [4.78, 5) is 30.4. The van der Waals surface area contributed by atoms with Crippen LogP contribution in [0.5, 0.6) is 0 Å². The minimum Gasteiger partial charge on any atom is -0.286 e. The average Bonchev–Trinajstić information content (AvgIpc) is 2.59. The standard InChI is InChI=1S/C14H20N6O3/c1-2-3-4-5-12(9-20(23)10-21)13(22)18-19-14-16-7-11(6-15)8-17-14/h7-8,10,12,23H,2-5,9H2,1H3,(H,18,22)(H,16,17,19)/t12-/m1/s1. The number of hydrogen-bond acceptors (Lipinski definition) is 7. The van der Waals surface area contributed by atoms with Crippen LogP contribution in [-0.2, 0) is 9.59 Å². The third-order valence-electron chi connectivity index (χ3n) is 3.13. The predicted molar refractivity (Wildman–Crippen MR) is 80.7 cm³/mol. The normalized spacial score (nSPS) is 11.2. The number of amides is 2. The molecule has 0 unspecified atom stereocenters. The maximum absolute atomic E-state index is 12.2. The quantitative estimate of drug-likeness (QED) is 0.252. The Kier molecular flexibility index (Phi) is 8.02. The number of unbranched alkanes of at least 4 members (excludes halogenated alkanes) is 2. The van der Waals surface area contributed by atoms with E-state index in [1.807, 2.05) is 13.0 Å². The number of hydrazine groups is 1. The van der Waals surface area contributed by atoms with Gasteiger partial charge in [0.05, 0.1) is 30.4 Å². The van der Waals surface area contributed by atoms with Crippen LogP contribution in [0.25, 0.3) is 0 Å². The van der Waals surface area contributed by atoms with Crippen LogP contribution in [0.15, 0.2) is 12.4 Å². The molecule has 0 saturated carbocycles. The van der Waals surface area contributed by atoms with Gasteiger partial charge in [-0.15, -0.1) is 0 Å². The number of rotatable bonds is 10. The Balaban J connectivity index is 2.56. The molecule has 0 aliphatic heterocycles. The summed E-state index contributed by atoms with van der Waals surface area (Å²) in [5, 5.41) is 18.4. The lowest BCUT2D eigenvalue weighted by Crippen LogP contribution is -2.40. The summed E-state index contributed by atoms with van der Waals surface area (Å²) in [6.07, 6.45) is 6.22. The molecule has 23 heavy (non-hydrogen) atoms. The van der Waals surface area contributed by atoms with Crippen molar-refractivity contribution in [2.75, 3.05) is 12.0 Å². The van der Waals surface area contributed by atoms with E-state index in [1.54, 1.807) is 0 Å². The van der Waals surface area contributed by atoms with Gasteiger partial charge < -0.3 is 0 Å². The molecule has 1 atom stereocenters. The van der Waals surface area contributed by atoms with E-state index in [-0.39, 0.29) is 24.8 Å². The van der Waals surface area contributed by atoms with Crippen LogP contribution in [-0.4, -0.2) is 39.1 Å². The smallest absolute Gasteiger partial charge is 0.243 e. The summed E-state index contributed by atoms with van der Waals surface area (Å²) in [6.45, 7) is 1.96. The highest BCUT2D eigenvalue weighted by molar-refractivity contribution is 5.80. The molecule has 1 aromatic heterocycles. The van der Waals surface area contributed by atoms with E-state index in [0.29, 0.717) is 17.0 Å². The van der Waals surface area contributed by atoms with Crippen LogP contribution in [0.2, 0.25) is 0 Å². The number of carbonyl (C=O) groups is 2. The van der Waals surface area contributed by atoms with Gasteiger partial charge >= 0.3 is 0 Å². The second-order valence-corrected chi connectivity index (χ2v) is 4.94. The summed E-state index contributed by atoms with van der Waals surface area (Å²) in [5.74, 6) is -0.793. The fourth-order valence-electron chi connectivity index (χ4n) is 1.88. The van der Waals surface area contributed by atoms with Gasteiger partial charge in [0.15, 0.2) is 0 Å². The van der Waals surface area contributed by atoms with Gasteiger partial charge in [-0.25, -0.2) is 15.0 Å². The molecule has 0 aliphatic rings. The van der Waals surface area contributed by atoms with E-state index >= 15 is 0 Å². The second kappa shape index (κ2) is 10.1. The van der Waals surface area contributed by atoms with E-state index in [2.05, 4.69) is 20.8 Å². The molecule has 0 spiro atoms. The number of carbonyl (C=O) groups excluding carboxylic acids is 2. The first-order chi connectivity index (χ1) is 11.1. The molecule has 3 N–H and O–H groups in total. The molecule has 0 radical (unpaired) electrons. The van der Waals surface area contributed by atoms with Crippen molar-refractivity contribution in [2.24, 2.45) is 5.92 Å². The molecule has 1 heterocycles. The number of nitrogens with zero attached hydrogens (tertiary/aromatic N) is 4. The molecule has 0 fully saturated rings. The highest BCUT2D eigenvalue weighted by Crippen LogP contribution is 2.11. The Morgan fingerprint density at radius 3 is 2.74 bits per heavy atom. The highest BCUT2D eigenvalue weighted by atomic mass is 16.5. The molecule has 2 amide bonds. The largest absolute Gasteiger partial charge is 0.286 e. The molecule has 124 valence electrons. The van der Waals surface area contributed by atoms with Crippen molar-refractivity contribution < 1.29 is 14.8 Å². The molecular formula is C14H20N6O3. The van der Waals surface area contributed by atoms with Gasteiger partial charge in [-0.3, -0.25) is 25.6 Å². The topological polar surface area (TPSA) is 131 Å². The van der Waals surface area contributed by atoms with Crippen LogP contribution in [0.1, 0.15) is 38.2 Å². The van der Waals surface area contributed by atoms with Gasteiger partial charge in [-0.1, -0.05) is 26.2 Å². The third-order valence-corrected chi connectivity index (χ3v) is 3.13. The van der Waals surface area contributed by atoms with E-state index in [1.165, 1.54) is 12.4 Å². The zero-order valence-corrected chi connectivity index (χ0v) is 12.9. The van der Waals surface area contributed by atoms with Crippen molar-refractivity contribution in [3.63, 3.8) is 0 Å². The average molecular weight is 320 g/mol. The van der Waals surface area contributed by atoms with Crippen molar-refractivity contribution in [1.29, 1.82) is 5.26 Å². The molecule has 0 aromatic carbocycles. The van der Waals surface area contributed by atoms with Crippen molar-refractivity contribution in [2.45, 2.75) is 32.6 Å². The lowest BCUT2D eigenvalue weighted by molar-refractivity contribution is -0.154. The third kappa shape index (κ3) is 6.71. The molecule has 9 nitrogen and oxygen atoms in total. The van der Waals surface area contributed by atoms with Crippen molar-refractivity contribution in [1.82, 2.24) is 20.5 Å². The first-order valence-corrected chi connectivity index (χ1v) is 7.29. The van der Waals surface area contributed by atoms with Gasteiger partial charge in [-0.2, -0.15) is 5.26 Å². The SMILES string of the molecule is CCCCC[C@H](CN(O)C=O)C(=O)NNc1ncc(C#N)cn1. The molecule has 0 aliphatic carbocycles. The van der Waals surface area contributed by atoms with E-state index in [9.17, 15) is 14.8 Å². The first-order valence-electron chi connectivity index (χ1n) is 7.29. The summed E-state index contributed by atoms with van der Waals surface area (Å²) < 4.78 is 0. The Hall–Kier alpha value is -2.73. The van der Waals surface area contributed by atoms with Gasteiger partial charge in [0.25, 0.3) is 0 Å². The van der Waals surface area contributed by atoms with Crippen molar-refractivity contribution in [3.8, 4) is 6.07 Å². The monoisotopic (exact) mass is 320 g/mol. The van der Waals surface area contributed by atoms with Gasteiger partial charge in [0.2, 0.25) is 18.3 Å². The van der Waals surface area contributed by atoms with Gasteiger partial charge in [0, 0.05) is 0 Å². The Morgan fingerprint density at radius 2 is 2.17 bits per heavy atom. The molecule has 1 aromatic rings. The molecule has 1 rings (SSSR count). The Labute approximate surface area is 134 Å². The minimum atomic E-state index is -0.553. The van der Waals surface area contributed by atoms with E-state index in [4.69, 9.17) is 5.26 Å². The van der Waals surface area contributed by atoms with Crippen LogP contribution >= 0.6 is 0 Å². The maximum Gasteiger partial charge on any atom is 0.243 e. The van der Waals surface area contributed by atoms with Crippen molar-refractivity contribution in [3.05, 3.63) is 18.0 Å². The van der Waals surface area contributed by atoms with Crippen LogP contribution < -0.4 is 10.9 Å². The first kappa shape index (κ1) is 18.3. The van der Waals surface area contributed by atoms with Gasteiger partial charge in [0.1, 0.15) is 6.07 Å². The maximum atomic E-state index is 12.2. The molecular weight excluding hydrogens is 300 g/mol. The fraction of sp³-hybridized carbons (Fsp3) is 0.500. The molecule has 0 bridgehead atoms. The molecule has 9 heteroatoms. The fourth-order valence-corrected chi connectivity index (χ4v) is 1.88. The summed E-state index contributed by atoms with van der Waals surface area (Å²) >= 11 is 0. The number of hydroxylamine groups is 2. The Bertz CT molecular complexity index is 542. The zero-order valence-electron chi connectivity index (χ0n) is 12.9. The van der Waals surface area contributed by atoms with Gasteiger partial charge in [-0.05, 0) is 6.42 Å². The zero-order chi connectivity index (χ0) is 17.1. The lowest BCUT2D eigenvalue weighted by Gasteiger charge is -2.19. The minimum absolute atomic E-state index is 0.0883. The van der Waals surface area contributed by atoms with Crippen LogP contribution in [0.4, 0.5) is 5.95 Å². The lowest BCUT2D eigenvalue weighted by atomic mass is 10.0. The van der Waals surface area contributed by atoms with Crippen LogP contribution in [0.3, 0.4) is 0 Å². The highest BCUT2D eigenvalue weighted by Gasteiger charge is 2.20. The van der Waals surface area contributed by atoms with E-state index in [0.717, 1.165) is 19.3 Å². The number of aromatic nitrogens is 2. The summed E-state index contributed by atoms with van der Waals surface area (Å²) in [6, 6.07) is 1.89. The van der Waals surface area contributed by atoms with Crippen LogP contribution in [0, 0.1) is 17.2 Å². The second-order valence-electron chi connectivity index (χ2n) is 4.94. The molecule has 0 saturated heterocycles. The number of nitriles is 1. The van der Waals surface area contributed by atoms with Crippen molar-refractivity contribution >= 4 is 18.3 Å². The number of nitrogens with one attached hydrogen (secondary N) is 2.